The summed E-state index contributed by atoms with van der Waals surface area (Å²) >= 11 is 0. The molecular weight excluding hydrogens is 190 g/mol. The number of esters is 1. The molecule has 1 rings (SSSR count). The molecule has 15 heavy (non-hydrogen) atoms. The van der Waals surface area contributed by atoms with Crippen LogP contribution in [-0.2, 0) is 9.53 Å². The van der Waals surface area contributed by atoms with Crippen LogP contribution in [-0.4, -0.2) is 18.6 Å². The van der Waals surface area contributed by atoms with Crippen LogP contribution in [0.4, 0.5) is 0 Å². The fourth-order valence-electron chi connectivity index (χ4n) is 2.09. The van der Waals surface area contributed by atoms with Crippen molar-refractivity contribution in [3.8, 4) is 0 Å². The van der Waals surface area contributed by atoms with E-state index in [1.165, 1.54) is 25.7 Å². The van der Waals surface area contributed by atoms with Gasteiger partial charge in [0.05, 0.1) is 6.61 Å². The molecule has 1 aliphatic carbocycles. The molecule has 0 spiro atoms. The molecule has 0 aliphatic heterocycles. The highest BCUT2D eigenvalue weighted by Gasteiger charge is 2.20. The Balaban J connectivity index is 2.16. The number of ether oxygens (including phenoxy) is 1. The van der Waals surface area contributed by atoms with E-state index < -0.39 is 6.04 Å². The number of hydrogen-bond acceptors (Lipinski definition) is 3. The molecule has 0 heterocycles. The topological polar surface area (TPSA) is 52.3 Å². The Kier molecular flexibility index (Phi) is 5.09. The number of carbonyl (C=O) groups excluding carboxylic acids is 1. The first-order valence-corrected chi connectivity index (χ1v) is 6.01. The summed E-state index contributed by atoms with van der Waals surface area (Å²) in [5, 5.41) is 0. The van der Waals surface area contributed by atoms with Crippen LogP contribution >= 0.6 is 0 Å². The molecular formula is C12H23NO2. The van der Waals surface area contributed by atoms with Gasteiger partial charge in [0.2, 0.25) is 0 Å². The Morgan fingerprint density at radius 2 is 2.00 bits per heavy atom. The lowest BCUT2D eigenvalue weighted by atomic mass is 10.0. The lowest BCUT2D eigenvalue weighted by Crippen LogP contribution is -2.34. The number of hydrogen-bond donors (Lipinski definition) is 1. The Bertz CT molecular complexity index is 198. The fraction of sp³-hybridized carbons (Fsp3) is 0.917. The third-order valence-corrected chi connectivity index (χ3v) is 2.96. The van der Waals surface area contributed by atoms with Crippen LogP contribution in [0.25, 0.3) is 0 Å². The second-order valence-electron chi connectivity index (χ2n) is 5.02. The molecule has 1 saturated carbocycles. The summed E-state index contributed by atoms with van der Waals surface area (Å²) in [5.41, 5.74) is 5.73. The van der Waals surface area contributed by atoms with Gasteiger partial charge in [-0.25, -0.2) is 0 Å². The van der Waals surface area contributed by atoms with Gasteiger partial charge in [0.1, 0.15) is 6.04 Å². The molecule has 1 aliphatic rings. The smallest absolute Gasteiger partial charge is 0.322 e. The molecule has 0 aromatic rings. The molecule has 3 heteroatoms. The second-order valence-corrected chi connectivity index (χ2v) is 5.02. The van der Waals surface area contributed by atoms with Gasteiger partial charge in [-0.1, -0.05) is 26.7 Å². The molecule has 0 unspecified atom stereocenters. The fourth-order valence-corrected chi connectivity index (χ4v) is 2.09. The van der Waals surface area contributed by atoms with Gasteiger partial charge in [-0.3, -0.25) is 4.79 Å². The maximum absolute atomic E-state index is 11.5. The standard InChI is InChI=1S/C12H23NO2/c1-9(2)7-11(13)12(14)15-8-10-5-3-4-6-10/h9-11H,3-8,13H2,1-2H3/t11-/m0/s1. The molecule has 88 valence electrons. The van der Waals surface area contributed by atoms with E-state index in [4.69, 9.17) is 10.5 Å². The van der Waals surface area contributed by atoms with Crippen molar-refractivity contribution in [1.29, 1.82) is 0 Å². The minimum absolute atomic E-state index is 0.226. The van der Waals surface area contributed by atoms with Crippen LogP contribution in [0.1, 0.15) is 46.0 Å². The van der Waals surface area contributed by atoms with Gasteiger partial charge in [-0.05, 0) is 31.1 Å². The molecule has 0 bridgehead atoms. The van der Waals surface area contributed by atoms with Gasteiger partial charge in [0.25, 0.3) is 0 Å². The summed E-state index contributed by atoms with van der Waals surface area (Å²) in [6, 6.07) is -0.439. The maximum atomic E-state index is 11.5. The summed E-state index contributed by atoms with van der Waals surface area (Å²) in [4.78, 5) is 11.5. The van der Waals surface area contributed by atoms with Crippen molar-refractivity contribution in [3.05, 3.63) is 0 Å². The van der Waals surface area contributed by atoms with E-state index in [1.807, 2.05) is 0 Å². The summed E-state index contributed by atoms with van der Waals surface area (Å²) in [5.74, 6) is 0.801. The molecule has 3 nitrogen and oxygen atoms in total. The quantitative estimate of drug-likeness (QED) is 0.711. The number of rotatable bonds is 5. The predicted molar refractivity (Wildman–Crippen MR) is 60.3 cm³/mol. The highest BCUT2D eigenvalue weighted by molar-refractivity contribution is 5.75. The summed E-state index contributed by atoms with van der Waals surface area (Å²) in [6.07, 6.45) is 5.67. The SMILES string of the molecule is CC(C)C[C@H](N)C(=O)OCC1CCCC1. The van der Waals surface area contributed by atoms with Crippen molar-refractivity contribution in [2.45, 2.75) is 52.0 Å². The van der Waals surface area contributed by atoms with E-state index in [-0.39, 0.29) is 5.97 Å². The number of carbonyl (C=O) groups is 1. The summed E-state index contributed by atoms with van der Waals surface area (Å²) < 4.78 is 5.22. The van der Waals surface area contributed by atoms with Gasteiger partial charge < -0.3 is 10.5 Å². The largest absolute Gasteiger partial charge is 0.464 e. The van der Waals surface area contributed by atoms with Gasteiger partial charge in [-0.2, -0.15) is 0 Å². The van der Waals surface area contributed by atoms with Crippen LogP contribution in [0, 0.1) is 11.8 Å². The van der Waals surface area contributed by atoms with Crippen LogP contribution in [0.2, 0.25) is 0 Å². The molecule has 0 aromatic heterocycles. The molecule has 0 radical (unpaired) electrons. The van der Waals surface area contributed by atoms with E-state index >= 15 is 0 Å². The lowest BCUT2D eigenvalue weighted by Gasteiger charge is -2.15. The minimum Gasteiger partial charge on any atom is -0.464 e. The van der Waals surface area contributed by atoms with Crippen molar-refractivity contribution in [3.63, 3.8) is 0 Å². The van der Waals surface area contributed by atoms with Gasteiger partial charge in [0, 0.05) is 0 Å². The summed E-state index contributed by atoms with van der Waals surface area (Å²) in [6.45, 7) is 4.69. The molecule has 2 N–H and O–H groups in total. The molecule has 0 saturated heterocycles. The van der Waals surface area contributed by atoms with E-state index in [0.717, 1.165) is 0 Å². The third kappa shape index (κ3) is 4.65. The first-order valence-electron chi connectivity index (χ1n) is 6.01. The Hall–Kier alpha value is -0.570. The van der Waals surface area contributed by atoms with E-state index in [2.05, 4.69) is 13.8 Å². The highest BCUT2D eigenvalue weighted by atomic mass is 16.5. The van der Waals surface area contributed by atoms with Crippen molar-refractivity contribution >= 4 is 5.97 Å². The Morgan fingerprint density at radius 1 is 1.40 bits per heavy atom. The van der Waals surface area contributed by atoms with Crippen molar-refractivity contribution in [1.82, 2.24) is 0 Å². The first kappa shape index (κ1) is 12.5. The number of nitrogens with two attached hydrogens (primary N) is 1. The van der Waals surface area contributed by atoms with Gasteiger partial charge in [-0.15, -0.1) is 0 Å². The zero-order valence-electron chi connectivity index (χ0n) is 9.87. The van der Waals surface area contributed by atoms with Crippen LogP contribution in [0.15, 0.2) is 0 Å². The predicted octanol–water partition coefficient (Wildman–Crippen LogP) is 2.09. The summed E-state index contributed by atoms with van der Waals surface area (Å²) in [7, 11) is 0. The van der Waals surface area contributed by atoms with Gasteiger partial charge >= 0.3 is 5.97 Å². The second kappa shape index (κ2) is 6.11. The zero-order chi connectivity index (χ0) is 11.3. The Labute approximate surface area is 92.4 Å². The average Bonchev–Trinajstić information content (AvgIpc) is 2.65. The average molecular weight is 213 g/mol. The first-order chi connectivity index (χ1) is 7.09. The van der Waals surface area contributed by atoms with E-state index in [9.17, 15) is 4.79 Å². The van der Waals surface area contributed by atoms with E-state index in [0.29, 0.717) is 24.9 Å². The van der Waals surface area contributed by atoms with E-state index in [1.54, 1.807) is 0 Å². The maximum Gasteiger partial charge on any atom is 0.322 e. The van der Waals surface area contributed by atoms with Crippen molar-refractivity contribution < 1.29 is 9.53 Å². The molecule has 1 fully saturated rings. The van der Waals surface area contributed by atoms with Crippen LogP contribution in [0.5, 0.6) is 0 Å². The minimum atomic E-state index is -0.439. The molecule has 0 aromatic carbocycles. The third-order valence-electron chi connectivity index (χ3n) is 2.96. The lowest BCUT2D eigenvalue weighted by molar-refractivity contribution is -0.146. The van der Waals surface area contributed by atoms with Crippen molar-refractivity contribution in [2.24, 2.45) is 17.6 Å². The van der Waals surface area contributed by atoms with Crippen LogP contribution < -0.4 is 5.73 Å². The Morgan fingerprint density at radius 3 is 2.53 bits per heavy atom. The van der Waals surface area contributed by atoms with Gasteiger partial charge in [0.15, 0.2) is 0 Å². The monoisotopic (exact) mass is 213 g/mol. The molecule has 0 amide bonds. The normalized spacial score (nSPS) is 19.5. The highest BCUT2D eigenvalue weighted by Crippen LogP contribution is 2.24. The van der Waals surface area contributed by atoms with Crippen molar-refractivity contribution in [2.75, 3.05) is 6.61 Å². The van der Waals surface area contributed by atoms with Crippen LogP contribution in [0.3, 0.4) is 0 Å². The zero-order valence-corrected chi connectivity index (χ0v) is 9.87. The molecule has 1 atom stereocenters.